The Morgan fingerprint density at radius 2 is 1.80 bits per heavy atom. The van der Waals surface area contributed by atoms with Crippen LogP contribution in [-0.4, -0.2) is 20.8 Å². The number of carbonyl (C=O) groups excluding carboxylic acids is 1. The van der Waals surface area contributed by atoms with E-state index in [0.717, 1.165) is 15.2 Å². The minimum absolute atomic E-state index is 0.0239. The number of hydrogen-bond donors (Lipinski definition) is 1. The van der Waals surface area contributed by atoms with E-state index in [1.807, 2.05) is 13.8 Å². The topological polar surface area (TPSA) is 91.6 Å². The summed E-state index contributed by atoms with van der Waals surface area (Å²) in [6.07, 6.45) is 0.665. The van der Waals surface area contributed by atoms with Gasteiger partial charge in [-0.3, -0.25) is 18.7 Å². The summed E-state index contributed by atoms with van der Waals surface area (Å²) in [7, 11) is 2.79. The highest BCUT2D eigenvalue weighted by Gasteiger charge is 2.35. The SMILES string of the molecule is CCC1(C)Oc2ccc(NC(=O)c3cc(=O)n(C)c(=O)n3C)cc2O1. The third-order valence-corrected chi connectivity index (χ3v) is 4.25. The Morgan fingerprint density at radius 1 is 1.12 bits per heavy atom. The van der Waals surface area contributed by atoms with Gasteiger partial charge in [0, 0.05) is 45.3 Å². The van der Waals surface area contributed by atoms with Crippen molar-refractivity contribution in [3.63, 3.8) is 0 Å². The number of hydrogen-bond acceptors (Lipinski definition) is 5. The molecule has 25 heavy (non-hydrogen) atoms. The Labute approximate surface area is 143 Å². The molecule has 0 saturated heterocycles. The standard InChI is InChI=1S/C17H19N3O5/c1-5-17(2)24-12-7-6-10(8-13(12)25-17)18-15(22)11-9-14(21)20(4)16(23)19(11)3/h6-9H,5H2,1-4H3,(H,18,22). The van der Waals surface area contributed by atoms with E-state index >= 15 is 0 Å². The van der Waals surface area contributed by atoms with Crippen LogP contribution in [0.2, 0.25) is 0 Å². The van der Waals surface area contributed by atoms with E-state index in [1.165, 1.54) is 14.1 Å². The van der Waals surface area contributed by atoms with Crippen LogP contribution in [0, 0.1) is 0 Å². The van der Waals surface area contributed by atoms with Crippen molar-refractivity contribution in [1.29, 1.82) is 0 Å². The van der Waals surface area contributed by atoms with Gasteiger partial charge in [0.25, 0.3) is 11.5 Å². The lowest BCUT2D eigenvalue weighted by Crippen LogP contribution is -2.40. The summed E-state index contributed by atoms with van der Waals surface area (Å²) >= 11 is 0. The molecule has 8 nitrogen and oxygen atoms in total. The van der Waals surface area contributed by atoms with Gasteiger partial charge in [-0.1, -0.05) is 6.92 Å². The molecule has 0 fully saturated rings. The zero-order valence-electron chi connectivity index (χ0n) is 14.5. The van der Waals surface area contributed by atoms with Crippen molar-refractivity contribution in [1.82, 2.24) is 9.13 Å². The first kappa shape index (κ1) is 16.8. The van der Waals surface area contributed by atoms with Crippen LogP contribution in [0.5, 0.6) is 11.5 Å². The van der Waals surface area contributed by atoms with E-state index in [-0.39, 0.29) is 5.69 Å². The largest absolute Gasteiger partial charge is 0.449 e. The molecule has 1 aromatic heterocycles. The summed E-state index contributed by atoms with van der Waals surface area (Å²) in [5.41, 5.74) is -0.662. The first-order valence-corrected chi connectivity index (χ1v) is 7.84. The van der Waals surface area contributed by atoms with Crippen LogP contribution in [0.3, 0.4) is 0 Å². The quantitative estimate of drug-likeness (QED) is 0.903. The summed E-state index contributed by atoms with van der Waals surface area (Å²) in [6, 6.07) is 6.14. The van der Waals surface area contributed by atoms with Crippen LogP contribution in [-0.2, 0) is 14.1 Å². The molecule has 8 heteroatoms. The molecule has 1 amide bonds. The van der Waals surface area contributed by atoms with Crippen molar-refractivity contribution >= 4 is 11.6 Å². The van der Waals surface area contributed by atoms with Gasteiger partial charge in [-0.15, -0.1) is 0 Å². The van der Waals surface area contributed by atoms with Crippen LogP contribution in [0.15, 0.2) is 33.9 Å². The van der Waals surface area contributed by atoms with Crippen LogP contribution < -0.4 is 26.0 Å². The lowest BCUT2D eigenvalue weighted by molar-refractivity contribution is -0.0640. The number of aromatic nitrogens is 2. The molecule has 1 unspecified atom stereocenters. The first-order valence-electron chi connectivity index (χ1n) is 7.84. The number of carbonyl (C=O) groups is 1. The molecule has 3 rings (SSSR count). The number of amides is 1. The van der Waals surface area contributed by atoms with E-state index < -0.39 is 22.9 Å². The molecule has 0 saturated carbocycles. The molecule has 132 valence electrons. The fourth-order valence-corrected chi connectivity index (χ4v) is 2.53. The molecule has 1 aliphatic heterocycles. The van der Waals surface area contributed by atoms with Gasteiger partial charge in [-0.25, -0.2) is 4.79 Å². The Morgan fingerprint density at radius 3 is 2.48 bits per heavy atom. The number of ether oxygens (including phenoxy) is 2. The molecule has 0 bridgehead atoms. The maximum Gasteiger partial charge on any atom is 0.331 e. The molecule has 0 aliphatic carbocycles. The van der Waals surface area contributed by atoms with Gasteiger partial charge >= 0.3 is 5.69 Å². The minimum Gasteiger partial charge on any atom is -0.449 e. The van der Waals surface area contributed by atoms with Gasteiger partial charge in [0.15, 0.2) is 11.5 Å². The first-order chi connectivity index (χ1) is 11.7. The summed E-state index contributed by atoms with van der Waals surface area (Å²) in [5.74, 6) is -0.154. The summed E-state index contributed by atoms with van der Waals surface area (Å²) in [6.45, 7) is 3.78. The highest BCUT2D eigenvalue weighted by Crippen LogP contribution is 2.42. The van der Waals surface area contributed by atoms with E-state index in [2.05, 4.69) is 5.32 Å². The number of benzene rings is 1. The fourth-order valence-electron chi connectivity index (χ4n) is 2.53. The maximum absolute atomic E-state index is 12.4. The number of fused-ring (bicyclic) bond motifs is 1. The van der Waals surface area contributed by atoms with Crippen LogP contribution >= 0.6 is 0 Å². The smallest absolute Gasteiger partial charge is 0.331 e. The molecule has 1 atom stereocenters. The van der Waals surface area contributed by atoms with Crippen molar-refractivity contribution < 1.29 is 14.3 Å². The van der Waals surface area contributed by atoms with Gasteiger partial charge < -0.3 is 14.8 Å². The number of nitrogens with one attached hydrogen (secondary N) is 1. The van der Waals surface area contributed by atoms with Crippen molar-refractivity contribution in [2.75, 3.05) is 5.32 Å². The van der Waals surface area contributed by atoms with Crippen molar-refractivity contribution in [3.8, 4) is 11.5 Å². The maximum atomic E-state index is 12.4. The molecular weight excluding hydrogens is 326 g/mol. The zero-order chi connectivity index (χ0) is 18.4. The van der Waals surface area contributed by atoms with E-state index in [4.69, 9.17) is 9.47 Å². The lowest BCUT2D eigenvalue weighted by Gasteiger charge is -2.20. The van der Waals surface area contributed by atoms with Gasteiger partial charge in [0.1, 0.15) is 5.69 Å². The number of anilines is 1. The van der Waals surface area contributed by atoms with Crippen LogP contribution in [0.4, 0.5) is 5.69 Å². The summed E-state index contributed by atoms with van der Waals surface area (Å²) in [4.78, 5) is 36.1. The van der Waals surface area contributed by atoms with E-state index in [9.17, 15) is 14.4 Å². The zero-order valence-corrected chi connectivity index (χ0v) is 14.5. The molecule has 1 N–H and O–H groups in total. The number of rotatable bonds is 3. The molecular formula is C17H19N3O5. The van der Waals surface area contributed by atoms with E-state index in [0.29, 0.717) is 23.6 Å². The van der Waals surface area contributed by atoms with E-state index in [1.54, 1.807) is 18.2 Å². The van der Waals surface area contributed by atoms with Crippen molar-refractivity contribution in [2.24, 2.45) is 14.1 Å². The summed E-state index contributed by atoms with van der Waals surface area (Å²) in [5, 5.41) is 2.67. The second-order valence-corrected chi connectivity index (χ2v) is 6.08. The van der Waals surface area contributed by atoms with Crippen LogP contribution in [0.1, 0.15) is 30.8 Å². The highest BCUT2D eigenvalue weighted by molar-refractivity contribution is 6.03. The molecule has 1 aromatic carbocycles. The van der Waals surface area contributed by atoms with Crippen molar-refractivity contribution in [2.45, 2.75) is 26.1 Å². The third kappa shape index (κ3) is 2.90. The summed E-state index contributed by atoms with van der Waals surface area (Å²) < 4.78 is 13.6. The Bertz CT molecular complexity index is 975. The van der Waals surface area contributed by atoms with Gasteiger partial charge in [0.2, 0.25) is 5.79 Å². The van der Waals surface area contributed by atoms with Gasteiger partial charge in [0.05, 0.1) is 0 Å². The molecule has 2 aromatic rings. The second kappa shape index (κ2) is 5.80. The fraction of sp³-hybridized carbons (Fsp3) is 0.353. The third-order valence-electron chi connectivity index (χ3n) is 4.25. The second-order valence-electron chi connectivity index (χ2n) is 6.08. The Hall–Kier alpha value is -3.03. The average Bonchev–Trinajstić information content (AvgIpc) is 2.92. The van der Waals surface area contributed by atoms with Gasteiger partial charge in [-0.2, -0.15) is 0 Å². The Kier molecular flexibility index (Phi) is 3.90. The average molecular weight is 345 g/mol. The van der Waals surface area contributed by atoms with Gasteiger partial charge in [-0.05, 0) is 12.1 Å². The minimum atomic E-state index is -0.722. The molecule has 1 aliphatic rings. The molecule has 0 radical (unpaired) electrons. The normalized spacial score (nSPS) is 18.2. The molecule has 2 heterocycles. The Balaban J connectivity index is 1.88. The predicted octanol–water partition coefficient (Wildman–Crippen LogP) is 1.23. The molecule has 0 spiro atoms. The predicted molar refractivity (Wildman–Crippen MR) is 91.3 cm³/mol. The highest BCUT2D eigenvalue weighted by atomic mass is 16.7. The number of nitrogens with zero attached hydrogens (tertiary/aromatic N) is 2. The van der Waals surface area contributed by atoms with Crippen LogP contribution in [0.25, 0.3) is 0 Å². The monoisotopic (exact) mass is 345 g/mol. The lowest BCUT2D eigenvalue weighted by atomic mass is 10.2. The van der Waals surface area contributed by atoms with Crippen molar-refractivity contribution in [3.05, 3.63) is 50.8 Å².